The largest absolute Gasteiger partial charge is 0.487 e. The molecule has 158 valence electrons. The first kappa shape index (κ1) is 20.1. The molecule has 5 rings (SSSR count). The maximum atomic E-state index is 15.1. The van der Waals surface area contributed by atoms with E-state index in [1.807, 2.05) is 18.2 Å². The Labute approximate surface area is 183 Å². The zero-order chi connectivity index (χ0) is 21.8. The van der Waals surface area contributed by atoms with Crippen molar-refractivity contribution >= 4 is 27.2 Å². The molecule has 1 fully saturated rings. The lowest BCUT2D eigenvalue weighted by Gasteiger charge is -2.30. The molecular formula is C22H16ClFN2O4S. The van der Waals surface area contributed by atoms with E-state index in [4.69, 9.17) is 16.3 Å². The van der Waals surface area contributed by atoms with E-state index in [1.165, 1.54) is 18.5 Å². The third-order valence-corrected chi connectivity index (χ3v) is 8.80. The lowest BCUT2D eigenvalue weighted by Crippen LogP contribution is -2.40. The van der Waals surface area contributed by atoms with Crippen molar-refractivity contribution in [1.82, 2.24) is 9.97 Å². The van der Waals surface area contributed by atoms with Crippen LogP contribution in [-0.4, -0.2) is 24.2 Å². The van der Waals surface area contributed by atoms with Crippen molar-refractivity contribution in [2.45, 2.75) is 29.4 Å². The highest BCUT2D eigenvalue weighted by Gasteiger charge is 2.66. The molecule has 2 aliphatic rings. The Kier molecular flexibility index (Phi) is 4.60. The number of sulfone groups is 1. The summed E-state index contributed by atoms with van der Waals surface area (Å²) in [5, 5.41) is -1.78. The minimum atomic E-state index is -4.18. The van der Waals surface area contributed by atoms with Gasteiger partial charge in [0.2, 0.25) is 5.78 Å². The molecule has 2 aromatic carbocycles. The van der Waals surface area contributed by atoms with Crippen LogP contribution < -0.4 is 4.74 Å². The van der Waals surface area contributed by atoms with E-state index in [0.29, 0.717) is 12.8 Å². The number of rotatable bonds is 4. The van der Waals surface area contributed by atoms with Crippen LogP contribution >= 0.6 is 11.6 Å². The second-order valence-corrected chi connectivity index (χ2v) is 10.3. The summed E-state index contributed by atoms with van der Waals surface area (Å²) in [5.41, 5.74) is 0.496. The molecule has 1 aliphatic carbocycles. The second-order valence-electron chi connectivity index (χ2n) is 7.58. The number of aromatic nitrogens is 2. The number of hydrogen-bond acceptors (Lipinski definition) is 6. The fourth-order valence-corrected chi connectivity index (χ4v) is 6.75. The third kappa shape index (κ3) is 2.96. The zero-order valence-electron chi connectivity index (χ0n) is 16.1. The van der Waals surface area contributed by atoms with Crippen LogP contribution in [0.25, 0.3) is 0 Å². The van der Waals surface area contributed by atoms with Gasteiger partial charge < -0.3 is 4.74 Å². The molecule has 0 radical (unpaired) electrons. The Morgan fingerprint density at radius 1 is 1.10 bits per heavy atom. The van der Waals surface area contributed by atoms with E-state index in [2.05, 4.69) is 9.97 Å². The fourth-order valence-electron chi connectivity index (χ4n) is 4.07. The molecular weight excluding hydrogens is 443 g/mol. The standard InChI is InChI=1S/C22H16ClFN2O4S/c23-14-6-7-15(24)16(19(14)30-12-13-4-2-1-3-5-13)20-18(27)17-21(26-11-10-25-17)22(8-9-22)31(20,28)29/h1-7,10-11,20H,8-9,12H2. The van der Waals surface area contributed by atoms with Gasteiger partial charge in [-0.3, -0.25) is 9.78 Å². The van der Waals surface area contributed by atoms with E-state index in [0.717, 1.165) is 11.6 Å². The number of hydrogen-bond donors (Lipinski definition) is 0. The molecule has 1 spiro atoms. The number of Topliss-reactive ketones (excluding diaryl/α,β-unsaturated/α-hetero) is 1. The molecule has 0 N–H and O–H groups in total. The Bertz CT molecular complexity index is 1310. The van der Waals surface area contributed by atoms with Gasteiger partial charge in [0, 0.05) is 12.4 Å². The summed E-state index contributed by atoms with van der Waals surface area (Å²) in [6, 6.07) is 11.4. The normalized spacial score (nSPS) is 20.3. The van der Waals surface area contributed by atoms with Crippen molar-refractivity contribution in [1.29, 1.82) is 0 Å². The first-order valence-electron chi connectivity index (χ1n) is 9.60. The Balaban J connectivity index is 1.67. The van der Waals surface area contributed by atoms with Crippen LogP contribution in [0, 0.1) is 5.82 Å². The van der Waals surface area contributed by atoms with Crippen LogP contribution in [0.4, 0.5) is 4.39 Å². The molecule has 31 heavy (non-hydrogen) atoms. The van der Waals surface area contributed by atoms with Crippen LogP contribution in [0.2, 0.25) is 5.02 Å². The second kappa shape index (κ2) is 7.10. The van der Waals surface area contributed by atoms with Crippen molar-refractivity contribution in [2.24, 2.45) is 0 Å². The maximum Gasteiger partial charge on any atom is 0.205 e. The van der Waals surface area contributed by atoms with Gasteiger partial charge >= 0.3 is 0 Å². The number of carbonyl (C=O) groups is 1. The lowest BCUT2D eigenvalue weighted by molar-refractivity contribution is 0.0973. The lowest BCUT2D eigenvalue weighted by atomic mass is 10.0. The average molecular weight is 459 g/mol. The molecule has 3 aromatic rings. The van der Waals surface area contributed by atoms with E-state index in [-0.39, 0.29) is 34.3 Å². The molecule has 0 saturated heterocycles. The van der Waals surface area contributed by atoms with Crippen LogP contribution in [0.3, 0.4) is 0 Å². The average Bonchev–Trinajstić information content (AvgIpc) is 3.58. The summed E-state index contributed by atoms with van der Waals surface area (Å²) in [5.74, 6) is -1.86. The first-order chi connectivity index (χ1) is 14.9. The SMILES string of the molecule is O=C1c2nccnc2C2(CC2)S(=O)(=O)C1c1c(F)ccc(Cl)c1OCc1ccccc1. The summed E-state index contributed by atoms with van der Waals surface area (Å²) in [6.07, 6.45) is 3.28. The number of benzene rings is 2. The number of fused-ring (bicyclic) bond motifs is 2. The maximum absolute atomic E-state index is 15.1. The highest BCUT2D eigenvalue weighted by atomic mass is 35.5. The molecule has 1 aromatic heterocycles. The van der Waals surface area contributed by atoms with Crippen LogP contribution in [0.5, 0.6) is 5.75 Å². The summed E-state index contributed by atoms with van der Waals surface area (Å²) in [7, 11) is -4.18. The number of ether oxygens (including phenoxy) is 1. The van der Waals surface area contributed by atoms with E-state index in [1.54, 1.807) is 12.1 Å². The Morgan fingerprint density at radius 3 is 2.52 bits per heavy atom. The van der Waals surface area contributed by atoms with Crippen molar-refractivity contribution in [3.05, 3.63) is 88.2 Å². The molecule has 1 saturated carbocycles. The smallest absolute Gasteiger partial charge is 0.205 e. The van der Waals surface area contributed by atoms with Crippen molar-refractivity contribution in [3.63, 3.8) is 0 Å². The molecule has 0 amide bonds. The zero-order valence-corrected chi connectivity index (χ0v) is 17.7. The number of carbonyl (C=O) groups excluding carboxylic acids is 1. The molecule has 0 bridgehead atoms. The van der Waals surface area contributed by atoms with Gasteiger partial charge in [-0.15, -0.1) is 0 Å². The van der Waals surface area contributed by atoms with Crippen molar-refractivity contribution in [2.75, 3.05) is 0 Å². The molecule has 2 heterocycles. The summed E-state index contributed by atoms with van der Waals surface area (Å²) in [4.78, 5) is 21.5. The van der Waals surface area contributed by atoms with Crippen LogP contribution in [0.1, 0.15) is 45.4 Å². The number of ketones is 1. The Hall–Kier alpha value is -2.84. The van der Waals surface area contributed by atoms with Gasteiger partial charge in [-0.25, -0.2) is 17.8 Å². The van der Waals surface area contributed by atoms with Crippen LogP contribution in [-0.2, 0) is 21.2 Å². The molecule has 6 nitrogen and oxygen atoms in total. The topological polar surface area (TPSA) is 86.2 Å². The van der Waals surface area contributed by atoms with E-state index in [9.17, 15) is 13.2 Å². The van der Waals surface area contributed by atoms with Gasteiger partial charge in [-0.05, 0) is 30.5 Å². The highest BCUT2D eigenvalue weighted by molar-refractivity contribution is 7.93. The summed E-state index contributed by atoms with van der Waals surface area (Å²) >= 11 is 6.29. The quantitative estimate of drug-likeness (QED) is 0.582. The van der Waals surface area contributed by atoms with Gasteiger partial charge in [0.1, 0.15) is 28.6 Å². The monoisotopic (exact) mass is 458 g/mol. The van der Waals surface area contributed by atoms with Gasteiger partial charge in [-0.1, -0.05) is 41.9 Å². The first-order valence-corrected chi connectivity index (χ1v) is 11.5. The summed E-state index contributed by atoms with van der Waals surface area (Å²) < 4.78 is 46.8. The molecule has 1 unspecified atom stereocenters. The van der Waals surface area contributed by atoms with Gasteiger partial charge in [0.05, 0.1) is 16.3 Å². The minimum absolute atomic E-state index is 0.0186. The van der Waals surface area contributed by atoms with Crippen molar-refractivity contribution < 1.29 is 22.3 Å². The fraction of sp³-hybridized carbons (Fsp3) is 0.227. The van der Waals surface area contributed by atoms with Gasteiger partial charge in [0.15, 0.2) is 15.1 Å². The molecule has 1 aliphatic heterocycles. The molecule has 9 heteroatoms. The van der Waals surface area contributed by atoms with E-state index < -0.39 is 31.4 Å². The highest BCUT2D eigenvalue weighted by Crippen LogP contribution is 2.60. The summed E-state index contributed by atoms with van der Waals surface area (Å²) in [6.45, 7) is 0.0273. The third-order valence-electron chi connectivity index (χ3n) is 5.74. The van der Waals surface area contributed by atoms with Crippen molar-refractivity contribution in [3.8, 4) is 5.75 Å². The van der Waals surface area contributed by atoms with Gasteiger partial charge in [0.25, 0.3) is 0 Å². The van der Waals surface area contributed by atoms with E-state index >= 15 is 4.39 Å². The van der Waals surface area contributed by atoms with Gasteiger partial charge in [-0.2, -0.15) is 0 Å². The predicted octanol–water partition coefficient (Wildman–Crippen LogP) is 4.19. The Morgan fingerprint density at radius 2 is 1.81 bits per heavy atom. The molecule has 1 atom stereocenters. The predicted molar refractivity (Wildman–Crippen MR) is 111 cm³/mol. The number of halogens is 2. The van der Waals surface area contributed by atoms with Crippen LogP contribution in [0.15, 0.2) is 54.9 Å². The number of nitrogens with zero attached hydrogens (tertiary/aromatic N) is 2. The minimum Gasteiger partial charge on any atom is -0.487 e.